The Morgan fingerprint density at radius 2 is 2.00 bits per heavy atom. The lowest BCUT2D eigenvalue weighted by Crippen LogP contribution is -2.13. The Balaban J connectivity index is 3.21. The van der Waals surface area contributed by atoms with E-state index in [9.17, 15) is 4.79 Å². The first-order valence-electron chi connectivity index (χ1n) is 4.46. The zero-order valence-corrected chi connectivity index (χ0v) is 8.70. The highest BCUT2D eigenvalue weighted by Crippen LogP contribution is 2.24. The molecule has 0 saturated carbocycles. The Bertz CT molecular complexity index is 347. The maximum Gasteiger partial charge on any atom is 0.141 e. The average molecular weight is 193 g/mol. The second kappa shape index (κ2) is 4.24. The van der Waals surface area contributed by atoms with Crippen molar-refractivity contribution in [3.63, 3.8) is 0 Å². The average Bonchev–Trinajstić information content (AvgIpc) is 2.19. The van der Waals surface area contributed by atoms with Crippen LogP contribution in [0.2, 0.25) is 0 Å². The maximum atomic E-state index is 10.6. The first-order valence-corrected chi connectivity index (χ1v) is 4.46. The van der Waals surface area contributed by atoms with E-state index >= 15 is 0 Å². The molecule has 0 aromatic heterocycles. The minimum atomic E-state index is -0.542. The quantitative estimate of drug-likeness (QED) is 0.740. The monoisotopic (exact) mass is 193 g/mol. The van der Waals surface area contributed by atoms with E-state index in [4.69, 9.17) is 10.5 Å². The first kappa shape index (κ1) is 10.7. The molecule has 14 heavy (non-hydrogen) atoms. The summed E-state index contributed by atoms with van der Waals surface area (Å²) in [5.74, 6) is 0.823. The number of aryl methyl sites for hydroxylation is 2. The zero-order valence-electron chi connectivity index (χ0n) is 8.70. The van der Waals surface area contributed by atoms with E-state index in [2.05, 4.69) is 0 Å². The van der Waals surface area contributed by atoms with Gasteiger partial charge in [0.05, 0.1) is 13.2 Å². The molecule has 1 aromatic rings. The molecule has 0 spiro atoms. The molecule has 2 N–H and O–H groups in total. The van der Waals surface area contributed by atoms with Crippen molar-refractivity contribution in [2.24, 2.45) is 5.73 Å². The molecule has 0 heterocycles. The summed E-state index contributed by atoms with van der Waals surface area (Å²) in [5, 5.41) is 0. The highest BCUT2D eigenvalue weighted by Gasteiger charge is 2.10. The van der Waals surface area contributed by atoms with Crippen molar-refractivity contribution in [2.75, 3.05) is 7.11 Å². The molecule has 0 fully saturated rings. The van der Waals surface area contributed by atoms with E-state index in [0.29, 0.717) is 0 Å². The number of nitrogens with two attached hydrogens (primary N) is 1. The molecule has 1 unspecified atom stereocenters. The Morgan fingerprint density at radius 1 is 1.36 bits per heavy atom. The van der Waals surface area contributed by atoms with Crippen LogP contribution in [0.25, 0.3) is 0 Å². The third-order valence-corrected chi connectivity index (χ3v) is 2.29. The van der Waals surface area contributed by atoms with Crippen molar-refractivity contribution in [2.45, 2.75) is 19.9 Å². The normalized spacial score (nSPS) is 12.3. The van der Waals surface area contributed by atoms with Crippen LogP contribution in [0.15, 0.2) is 12.1 Å². The van der Waals surface area contributed by atoms with Crippen LogP contribution >= 0.6 is 0 Å². The lowest BCUT2D eigenvalue weighted by atomic mass is 9.99. The lowest BCUT2D eigenvalue weighted by Gasteiger charge is -2.12. The summed E-state index contributed by atoms with van der Waals surface area (Å²) in [4.78, 5) is 10.6. The predicted octanol–water partition coefficient (Wildman–Crippen LogP) is 1.51. The van der Waals surface area contributed by atoms with Gasteiger partial charge in [0.1, 0.15) is 12.0 Å². The number of rotatable bonds is 3. The van der Waals surface area contributed by atoms with Gasteiger partial charge in [0.15, 0.2) is 0 Å². The fourth-order valence-electron chi connectivity index (χ4n) is 1.46. The molecule has 0 aliphatic carbocycles. The Hall–Kier alpha value is -1.35. The van der Waals surface area contributed by atoms with Crippen molar-refractivity contribution < 1.29 is 9.53 Å². The summed E-state index contributed by atoms with van der Waals surface area (Å²) in [5.41, 5.74) is 8.48. The highest BCUT2D eigenvalue weighted by atomic mass is 16.5. The highest BCUT2D eigenvalue weighted by molar-refractivity contribution is 5.63. The molecule has 0 bridgehead atoms. The van der Waals surface area contributed by atoms with Gasteiger partial charge in [0.2, 0.25) is 0 Å². The van der Waals surface area contributed by atoms with Crippen LogP contribution < -0.4 is 10.5 Å². The Kier molecular flexibility index (Phi) is 3.25. The van der Waals surface area contributed by atoms with Crippen LogP contribution in [0.5, 0.6) is 5.75 Å². The number of hydrogen-bond acceptors (Lipinski definition) is 3. The van der Waals surface area contributed by atoms with E-state index in [1.165, 1.54) is 0 Å². The van der Waals surface area contributed by atoms with Gasteiger partial charge >= 0.3 is 0 Å². The summed E-state index contributed by atoms with van der Waals surface area (Å²) >= 11 is 0. The van der Waals surface area contributed by atoms with E-state index < -0.39 is 6.04 Å². The van der Waals surface area contributed by atoms with Crippen LogP contribution in [-0.4, -0.2) is 13.4 Å². The number of aldehydes is 1. The van der Waals surface area contributed by atoms with Crippen LogP contribution in [0.4, 0.5) is 0 Å². The molecule has 1 atom stereocenters. The molecule has 0 amide bonds. The number of ether oxygens (including phenoxy) is 1. The van der Waals surface area contributed by atoms with Crippen molar-refractivity contribution in [1.29, 1.82) is 0 Å². The molecule has 0 aliphatic heterocycles. The van der Waals surface area contributed by atoms with E-state index in [-0.39, 0.29) is 0 Å². The molecular weight excluding hydrogens is 178 g/mol. The third kappa shape index (κ3) is 1.93. The standard InChI is InChI=1S/C11H15NO2/c1-7-5-11(14-3)8(2)4-9(7)10(12)6-13/h4-6,10H,12H2,1-3H3. The van der Waals surface area contributed by atoms with Gasteiger partial charge in [-0.05, 0) is 36.6 Å². The van der Waals surface area contributed by atoms with Gasteiger partial charge in [0.25, 0.3) is 0 Å². The molecule has 0 radical (unpaired) electrons. The maximum absolute atomic E-state index is 10.6. The van der Waals surface area contributed by atoms with Gasteiger partial charge in [-0.1, -0.05) is 6.07 Å². The minimum absolute atomic E-state index is 0.542. The number of methoxy groups -OCH3 is 1. The molecule has 0 aliphatic rings. The second-order valence-corrected chi connectivity index (χ2v) is 3.34. The fraction of sp³-hybridized carbons (Fsp3) is 0.364. The second-order valence-electron chi connectivity index (χ2n) is 3.34. The van der Waals surface area contributed by atoms with Crippen LogP contribution in [0, 0.1) is 13.8 Å². The van der Waals surface area contributed by atoms with Gasteiger partial charge in [-0.15, -0.1) is 0 Å². The molecule has 3 heteroatoms. The van der Waals surface area contributed by atoms with Crippen molar-refractivity contribution in [1.82, 2.24) is 0 Å². The SMILES string of the molecule is COc1cc(C)c(C(N)C=O)cc1C. The number of carbonyl (C=O) groups excluding carboxylic acids is 1. The number of carbonyl (C=O) groups is 1. The first-order chi connectivity index (χ1) is 6.60. The smallest absolute Gasteiger partial charge is 0.141 e. The van der Waals surface area contributed by atoms with Crippen molar-refractivity contribution in [3.05, 3.63) is 28.8 Å². The molecule has 1 rings (SSSR count). The molecule has 0 saturated heterocycles. The van der Waals surface area contributed by atoms with Crippen LogP contribution in [0.3, 0.4) is 0 Å². The molecule has 1 aromatic carbocycles. The van der Waals surface area contributed by atoms with E-state index in [1.807, 2.05) is 26.0 Å². The van der Waals surface area contributed by atoms with Gasteiger partial charge < -0.3 is 15.3 Å². The molecule has 3 nitrogen and oxygen atoms in total. The van der Waals surface area contributed by atoms with E-state index in [0.717, 1.165) is 28.7 Å². The number of hydrogen-bond donors (Lipinski definition) is 1. The van der Waals surface area contributed by atoms with Gasteiger partial charge in [0, 0.05) is 0 Å². The van der Waals surface area contributed by atoms with Gasteiger partial charge in [-0.3, -0.25) is 0 Å². The van der Waals surface area contributed by atoms with E-state index in [1.54, 1.807) is 7.11 Å². The fourth-order valence-corrected chi connectivity index (χ4v) is 1.46. The molecule has 76 valence electrons. The van der Waals surface area contributed by atoms with Crippen LogP contribution in [-0.2, 0) is 4.79 Å². The van der Waals surface area contributed by atoms with Crippen LogP contribution in [0.1, 0.15) is 22.7 Å². The third-order valence-electron chi connectivity index (χ3n) is 2.29. The summed E-state index contributed by atoms with van der Waals surface area (Å²) in [6.45, 7) is 3.85. The van der Waals surface area contributed by atoms with Crippen molar-refractivity contribution in [3.8, 4) is 5.75 Å². The Morgan fingerprint density at radius 3 is 2.50 bits per heavy atom. The summed E-state index contributed by atoms with van der Waals surface area (Å²) in [6, 6.07) is 3.25. The van der Waals surface area contributed by atoms with Gasteiger partial charge in [-0.25, -0.2) is 0 Å². The topological polar surface area (TPSA) is 52.3 Å². The zero-order chi connectivity index (χ0) is 10.7. The molecular formula is C11H15NO2. The summed E-state index contributed by atoms with van der Waals surface area (Å²) < 4.78 is 5.17. The largest absolute Gasteiger partial charge is 0.496 e. The Labute approximate surface area is 83.9 Å². The summed E-state index contributed by atoms with van der Waals surface area (Å²) in [7, 11) is 1.63. The van der Waals surface area contributed by atoms with Crippen molar-refractivity contribution >= 4 is 6.29 Å². The van der Waals surface area contributed by atoms with Gasteiger partial charge in [-0.2, -0.15) is 0 Å². The number of benzene rings is 1. The lowest BCUT2D eigenvalue weighted by molar-refractivity contribution is -0.109. The predicted molar refractivity (Wildman–Crippen MR) is 55.5 cm³/mol. The summed E-state index contributed by atoms with van der Waals surface area (Å²) in [6.07, 6.45) is 0.744. The minimum Gasteiger partial charge on any atom is -0.496 e.